The Morgan fingerprint density at radius 1 is 0.917 bits per heavy atom. The number of fused-ring (bicyclic) bond motifs is 1. The SMILES string of the molecule is CC[Si](CC)(CC)N(c1ccccc1)c1cnc2ncncc2n1. The van der Waals surface area contributed by atoms with E-state index in [1.807, 2.05) is 6.20 Å². The summed E-state index contributed by atoms with van der Waals surface area (Å²) in [6.45, 7) is 6.90. The minimum atomic E-state index is -1.73. The second kappa shape index (κ2) is 7.05. The predicted octanol–water partition coefficient (Wildman–Crippen LogP) is 4.56. The minimum Gasteiger partial charge on any atom is -0.353 e. The van der Waals surface area contributed by atoms with Crippen molar-refractivity contribution in [3.05, 3.63) is 49.1 Å². The van der Waals surface area contributed by atoms with Crippen molar-refractivity contribution in [2.75, 3.05) is 4.57 Å². The maximum absolute atomic E-state index is 4.83. The van der Waals surface area contributed by atoms with Crippen LogP contribution in [0.4, 0.5) is 11.5 Å². The van der Waals surface area contributed by atoms with Gasteiger partial charge < -0.3 is 4.57 Å². The molecule has 0 atom stereocenters. The number of hydrogen-bond donors (Lipinski definition) is 0. The van der Waals surface area contributed by atoms with E-state index in [1.54, 1.807) is 6.20 Å². The predicted molar refractivity (Wildman–Crippen MR) is 101 cm³/mol. The van der Waals surface area contributed by atoms with Crippen LogP contribution in [0, 0.1) is 0 Å². The Hall–Kier alpha value is -2.34. The molecule has 0 saturated heterocycles. The molecule has 0 aliphatic carbocycles. The van der Waals surface area contributed by atoms with E-state index >= 15 is 0 Å². The summed E-state index contributed by atoms with van der Waals surface area (Å²) in [5, 5.41) is 0. The fourth-order valence-electron chi connectivity index (χ4n) is 3.32. The average Bonchev–Trinajstić information content (AvgIpc) is 2.66. The first-order chi connectivity index (χ1) is 11.7. The van der Waals surface area contributed by atoms with Crippen molar-refractivity contribution in [3.63, 3.8) is 0 Å². The highest BCUT2D eigenvalue weighted by Gasteiger charge is 2.37. The second-order valence-electron chi connectivity index (χ2n) is 5.92. The maximum atomic E-state index is 4.83. The Balaban J connectivity index is 2.19. The van der Waals surface area contributed by atoms with E-state index in [0.717, 1.165) is 11.3 Å². The van der Waals surface area contributed by atoms with Gasteiger partial charge in [0.25, 0.3) is 0 Å². The smallest absolute Gasteiger partial charge is 0.181 e. The lowest BCUT2D eigenvalue weighted by Crippen LogP contribution is -2.50. The van der Waals surface area contributed by atoms with E-state index in [4.69, 9.17) is 4.98 Å². The van der Waals surface area contributed by atoms with Gasteiger partial charge in [-0.2, -0.15) is 0 Å². The summed E-state index contributed by atoms with van der Waals surface area (Å²) in [6, 6.07) is 14.0. The third-order valence-electron chi connectivity index (χ3n) is 4.90. The van der Waals surface area contributed by atoms with Crippen LogP contribution in [-0.2, 0) is 0 Å². The molecule has 0 bridgehead atoms. The Labute approximate surface area is 143 Å². The molecule has 124 valence electrons. The van der Waals surface area contributed by atoms with E-state index in [0.29, 0.717) is 5.65 Å². The molecule has 2 aromatic heterocycles. The van der Waals surface area contributed by atoms with Crippen LogP contribution in [0.2, 0.25) is 18.1 Å². The van der Waals surface area contributed by atoms with Crippen LogP contribution in [0.15, 0.2) is 49.1 Å². The third kappa shape index (κ3) is 2.89. The summed E-state index contributed by atoms with van der Waals surface area (Å²) in [6.07, 6.45) is 5.09. The van der Waals surface area contributed by atoms with E-state index < -0.39 is 8.24 Å². The molecule has 3 rings (SSSR count). The van der Waals surface area contributed by atoms with Gasteiger partial charge in [0.1, 0.15) is 17.7 Å². The number of para-hydroxylation sites is 1. The van der Waals surface area contributed by atoms with Crippen LogP contribution >= 0.6 is 0 Å². The van der Waals surface area contributed by atoms with Crippen LogP contribution in [0.25, 0.3) is 11.2 Å². The maximum Gasteiger partial charge on any atom is 0.181 e. The molecule has 0 spiro atoms. The van der Waals surface area contributed by atoms with Gasteiger partial charge in [-0.05, 0) is 30.3 Å². The van der Waals surface area contributed by atoms with Gasteiger partial charge in [-0.15, -0.1) is 0 Å². The number of rotatable bonds is 6. The van der Waals surface area contributed by atoms with Crippen LogP contribution in [0.3, 0.4) is 0 Å². The van der Waals surface area contributed by atoms with Gasteiger partial charge in [0.2, 0.25) is 0 Å². The average molecular weight is 338 g/mol. The Morgan fingerprint density at radius 3 is 2.29 bits per heavy atom. The molecule has 0 N–H and O–H groups in total. The largest absolute Gasteiger partial charge is 0.353 e. The summed E-state index contributed by atoms with van der Waals surface area (Å²) in [5.41, 5.74) is 2.57. The quantitative estimate of drug-likeness (QED) is 0.617. The van der Waals surface area contributed by atoms with Gasteiger partial charge >= 0.3 is 0 Å². The Kier molecular flexibility index (Phi) is 4.85. The first-order valence-electron chi connectivity index (χ1n) is 8.52. The van der Waals surface area contributed by atoms with Crippen LogP contribution in [0.5, 0.6) is 0 Å². The summed E-state index contributed by atoms with van der Waals surface area (Å²) < 4.78 is 2.46. The fourth-order valence-corrected chi connectivity index (χ4v) is 7.06. The molecular weight excluding hydrogens is 314 g/mol. The molecule has 5 nitrogen and oxygen atoms in total. The molecule has 0 aliphatic rings. The van der Waals surface area contributed by atoms with Crippen LogP contribution in [-0.4, -0.2) is 28.2 Å². The van der Waals surface area contributed by atoms with Crippen molar-refractivity contribution >= 4 is 30.9 Å². The number of benzene rings is 1. The van der Waals surface area contributed by atoms with Gasteiger partial charge in [-0.1, -0.05) is 39.0 Å². The highest BCUT2D eigenvalue weighted by atomic mass is 28.3. The topological polar surface area (TPSA) is 54.8 Å². The molecule has 6 heteroatoms. The lowest BCUT2D eigenvalue weighted by molar-refractivity contribution is 1.07. The zero-order chi connectivity index (χ0) is 17.0. The molecule has 0 aliphatic heterocycles. The van der Waals surface area contributed by atoms with Gasteiger partial charge in [-0.3, -0.25) is 0 Å². The summed E-state index contributed by atoms with van der Waals surface area (Å²) in [4.78, 5) is 17.6. The van der Waals surface area contributed by atoms with Crippen molar-refractivity contribution in [2.24, 2.45) is 0 Å². The summed E-state index contributed by atoms with van der Waals surface area (Å²) in [5.74, 6) is 0.903. The molecule has 0 saturated carbocycles. The Morgan fingerprint density at radius 2 is 1.62 bits per heavy atom. The first-order valence-corrected chi connectivity index (χ1v) is 11.1. The number of nitrogens with zero attached hydrogens (tertiary/aromatic N) is 5. The van der Waals surface area contributed by atoms with Crippen molar-refractivity contribution in [3.8, 4) is 0 Å². The molecule has 1 aromatic carbocycles. The highest BCUT2D eigenvalue weighted by Crippen LogP contribution is 2.36. The van der Waals surface area contributed by atoms with E-state index in [9.17, 15) is 0 Å². The highest BCUT2D eigenvalue weighted by molar-refractivity contribution is 6.84. The van der Waals surface area contributed by atoms with E-state index in [2.05, 4.69) is 70.6 Å². The standard InChI is InChI=1S/C18H23N5Si/c1-4-24(5-2,6-3)23(15-10-8-7-9-11-15)17-13-20-18-16(22-17)12-19-14-21-18/h7-14H,4-6H2,1-3H3. The molecule has 2 heterocycles. The summed E-state index contributed by atoms with van der Waals surface area (Å²) in [7, 11) is -1.73. The lowest BCUT2D eigenvalue weighted by Gasteiger charge is -2.41. The van der Waals surface area contributed by atoms with Crippen LogP contribution in [0.1, 0.15) is 20.8 Å². The van der Waals surface area contributed by atoms with Gasteiger partial charge in [0.15, 0.2) is 13.9 Å². The molecule has 0 unspecified atom stereocenters. The van der Waals surface area contributed by atoms with E-state index in [-0.39, 0.29) is 0 Å². The fraction of sp³-hybridized carbons (Fsp3) is 0.333. The molecule has 3 aromatic rings. The van der Waals surface area contributed by atoms with Crippen molar-refractivity contribution < 1.29 is 0 Å². The molecule has 24 heavy (non-hydrogen) atoms. The van der Waals surface area contributed by atoms with E-state index in [1.165, 1.54) is 30.1 Å². The number of hydrogen-bond acceptors (Lipinski definition) is 5. The monoisotopic (exact) mass is 337 g/mol. The minimum absolute atomic E-state index is 0.638. The van der Waals surface area contributed by atoms with Crippen molar-refractivity contribution in [2.45, 2.75) is 38.9 Å². The first kappa shape index (κ1) is 16.5. The molecular formula is C18H23N5Si. The molecule has 0 fully saturated rings. The zero-order valence-electron chi connectivity index (χ0n) is 14.5. The normalized spacial score (nSPS) is 11.6. The second-order valence-corrected chi connectivity index (χ2v) is 10.9. The number of aromatic nitrogens is 4. The lowest BCUT2D eigenvalue weighted by atomic mass is 10.3. The Bertz CT molecular complexity index is 796. The van der Waals surface area contributed by atoms with Crippen LogP contribution < -0.4 is 4.57 Å². The van der Waals surface area contributed by atoms with Gasteiger partial charge in [0.05, 0.1) is 12.4 Å². The molecule has 0 amide bonds. The van der Waals surface area contributed by atoms with Gasteiger partial charge in [-0.25, -0.2) is 19.9 Å². The summed E-state index contributed by atoms with van der Waals surface area (Å²) >= 11 is 0. The van der Waals surface area contributed by atoms with Gasteiger partial charge in [0, 0.05) is 5.69 Å². The molecule has 0 radical (unpaired) electrons. The zero-order valence-corrected chi connectivity index (χ0v) is 15.5. The number of anilines is 2. The van der Waals surface area contributed by atoms with Crippen molar-refractivity contribution in [1.29, 1.82) is 0 Å². The third-order valence-corrected chi connectivity index (χ3v) is 10.3. The van der Waals surface area contributed by atoms with Crippen molar-refractivity contribution in [1.82, 2.24) is 19.9 Å².